The standard InChI is InChI=1S/C11H18BrN3O/c1-8(2)16-5-4-15(3)11-10(12)6-9(13)7-14-11/h6-8H,4-5,13H2,1-3H3. The van der Waals surface area contributed by atoms with E-state index in [1.54, 1.807) is 6.20 Å². The van der Waals surface area contributed by atoms with Crippen molar-refractivity contribution in [3.8, 4) is 0 Å². The molecule has 0 bridgehead atoms. The van der Waals surface area contributed by atoms with Gasteiger partial charge in [-0.2, -0.15) is 0 Å². The first-order valence-electron chi connectivity index (χ1n) is 5.24. The molecule has 1 aromatic rings. The SMILES string of the molecule is CC(C)OCCN(C)c1ncc(N)cc1Br. The monoisotopic (exact) mass is 287 g/mol. The van der Waals surface area contributed by atoms with Gasteiger partial charge in [0, 0.05) is 13.6 Å². The van der Waals surface area contributed by atoms with Crippen LogP contribution in [0.25, 0.3) is 0 Å². The summed E-state index contributed by atoms with van der Waals surface area (Å²) in [5, 5.41) is 0. The maximum Gasteiger partial charge on any atom is 0.142 e. The molecule has 90 valence electrons. The Kier molecular flexibility index (Phi) is 5.02. The maximum absolute atomic E-state index is 5.63. The van der Waals surface area contributed by atoms with Gasteiger partial charge in [-0.25, -0.2) is 4.98 Å². The fraction of sp³-hybridized carbons (Fsp3) is 0.545. The van der Waals surface area contributed by atoms with Gasteiger partial charge in [-0.05, 0) is 35.8 Å². The van der Waals surface area contributed by atoms with Crippen molar-refractivity contribution in [1.82, 2.24) is 4.98 Å². The summed E-state index contributed by atoms with van der Waals surface area (Å²) in [4.78, 5) is 6.31. The number of hydrogen-bond acceptors (Lipinski definition) is 4. The van der Waals surface area contributed by atoms with Gasteiger partial charge in [-0.1, -0.05) is 0 Å². The lowest BCUT2D eigenvalue weighted by molar-refractivity contribution is 0.0845. The highest BCUT2D eigenvalue weighted by atomic mass is 79.9. The highest BCUT2D eigenvalue weighted by Crippen LogP contribution is 2.24. The molecule has 16 heavy (non-hydrogen) atoms. The van der Waals surface area contributed by atoms with Crippen LogP contribution in [-0.2, 0) is 4.74 Å². The molecule has 0 saturated heterocycles. The molecule has 5 heteroatoms. The third kappa shape index (κ3) is 3.98. The molecule has 0 atom stereocenters. The molecule has 2 N–H and O–H groups in total. The maximum atomic E-state index is 5.63. The number of nitrogens with zero attached hydrogens (tertiary/aromatic N) is 2. The van der Waals surface area contributed by atoms with E-state index >= 15 is 0 Å². The summed E-state index contributed by atoms with van der Waals surface area (Å²) in [5.74, 6) is 0.876. The first kappa shape index (κ1) is 13.3. The lowest BCUT2D eigenvalue weighted by atomic mass is 10.4. The van der Waals surface area contributed by atoms with Crippen LogP contribution in [0.5, 0.6) is 0 Å². The Bertz CT molecular complexity index is 344. The Labute approximate surface area is 105 Å². The number of aromatic nitrogens is 1. The van der Waals surface area contributed by atoms with E-state index in [1.165, 1.54) is 0 Å². The predicted molar refractivity (Wildman–Crippen MR) is 70.7 cm³/mol. The number of nitrogen functional groups attached to an aromatic ring is 1. The zero-order valence-corrected chi connectivity index (χ0v) is 11.5. The van der Waals surface area contributed by atoms with Gasteiger partial charge < -0.3 is 15.4 Å². The summed E-state index contributed by atoms with van der Waals surface area (Å²) in [6, 6.07) is 1.85. The molecule has 0 aliphatic heterocycles. The number of halogens is 1. The topological polar surface area (TPSA) is 51.4 Å². The lowest BCUT2D eigenvalue weighted by Crippen LogP contribution is -2.25. The van der Waals surface area contributed by atoms with Gasteiger partial charge in [0.2, 0.25) is 0 Å². The molecular formula is C11H18BrN3O. The highest BCUT2D eigenvalue weighted by molar-refractivity contribution is 9.10. The normalized spacial score (nSPS) is 10.8. The van der Waals surface area contributed by atoms with E-state index in [0.29, 0.717) is 12.3 Å². The summed E-state index contributed by atoms with van der Waals surface area (Å²) in [5.41, 5.74) is 6.29. The largest absolute Gasteiger partial charge is 0.397 e. The highest BCUT2D eigenvalue weighted by Gasteiger charge is 2.07. The second kappa shape index (κ2) is 6.06. The fourth-order valence-corrected chi connectivity index (χ4v) is 1.93. The van der Waals surface area contributed by atoms with Crippen molar-refractivity contribution < 1.29 is 4.74 Å². The first-order valence-corrected chi connectivity index (χ1v) is 6.03. The van der Waals surface area contributed by atoms with Crippen molar-refractivity contribution in [2.45, 2.75) is 20.0 Å². The van der Waals surface area contributed by atoms with E-state index < -0.39 is 0 Å². The van der Waals surface area contributed by atoms with Crippen LogP contribution in [0.2, 0.25) is 0 Å². The molecule has 0 unspecified atom stereocenters. The molecule has 0 fully saturated rings. The number of likely N-dealkylation sites (N-methyl/N-ethyl adjacent to an activating group) is 1. The molecule has 1 heterocycles. The molecule has 0 aliphatic carbocycles. The number of ether oxygens (including phenoxy) is 1. The summed E-state index contributed by atoms with van der Waals surface area (Å²) in [6.07, 6.45) is 1.91. The van der Waals surface area contributed by atoms with Crippen LogP contribution in [0.4, 0.5) is 11.5 Å². The Balaban J connectivity index is 2.55. The predicted octanol–water partition coefficient (Wildman–Crippen LogP) is 2.29. The van der Waals surface area contributed by atoms with Crippen molar-refractivity contribution in [3.63, 3.8) is 0 Å². The molecule has 0 aromatic carbocycles. The Morgan fingerprint density at radius 1 is 1.56 bits per heavy atom. The summed E-state index contributed by atoms with van der Waals surface area (Å²) >= 11 is 3.44. The van der Waals surface area contributed by atoms with Crippen molar-refractivity contribution in [2.24, 2.45) is 0 Å². The van der Waals surface area contributed by atoms with E-state index in [1.807, 2.05) is 31.9 Å². The first-order chi connectivity index (χ1) is 7.50. The van der Waals surface area contributed by atoms with Gasteiger partial charge in [0.25, 0.3) is 0 Å². The zero-order chi connectivity index (χ0) is 12.1. The average molecular weight is 288 g/mol. The van der Waals surface area contributed by atoms with E-state index in [0.717, 1.165) is 16.8 Å². The summed E-state index contributed by atoms with van der Waals surface area (Å²) in [6.45, 7) is 5.54. The van der Waals surface area contributed by atoms with Crippen LogP contribution in [0.3, 0.4) is 0 Å². The smallest absolute Gasteiger partial charge is 0.142 e. The zero-order valence-electron chi connectivity index (χ0n) is 9.90. The molecule has 1 rings (SSSR count). The molecule has 0 aliphatic rings. The van der Waals surface area contributed by atoms with E-state index in [2.05, 4.69) is 20.9 Å². The second-order valence-electron chi connectivity index (χ2n) is 3.92. The minimum absolute atomic E-state index is 0.260. The van der Waals surface area contributed by atoms with Gasteiger partial charge in [0.15, 0.2) is 0 Å². The lowest BCUT2D eigenvalue weighted by Gasteiger charge is -2.20. The van der Waals surface area contributed by atoms with Crippen LogP contribution in [0, 0.1) is 0 Å². The van der Waals surface area contributed by atoms with Crippen molar-refractivity contribution >= 4 is 27.4 Å². The van der Waals surface area contributed by atoms with Crippen molar-refractivity contribution in [2.75, 3.05) is 30.8 Å². The van der Waals surface area contributed by atoms with E-state index in [4.69, 9.17) is 10.5 Å². The number of nitrogens with two attached hydrogens (primary N) is 1. The molecule has 0 radical (unpaired) electrons. The molecule has 0 saturated carbocycles. The number of anilines is 2. The number of hydrogen-bond donors (Lipinski definition) is 1. The van der Waals surface area contributed by atoms with Crippen molar-refractivity contribution in [3.05, 3.63) is 16.7 Å². The van der Waals surface area contributed by atoms with Gasteiger partial charge in [-0.15, -0.1) is 0 Å². The minimum Gasteiger partial charge on any atom is -0.397 e. The van der Waals surface area contributed by atoms with Crippen LogP contribution in [-0.4, -0.2) is 31.3 Å². The second-order valence-corrected chi connectivity index (χ2v) is 4.77. The fourth-order valence-electron chi connectivity index (χ4n) is 1.26. The summed E-state index contributed by atoms with van der Waals surface area (Å²) < 4.78 is 6.39. The number of pyridine rings is 1. The Morgan fingerprint density at radius 2 is 2.25 bits per heavy atom. The van der Waals surface area contributed by atoms with E-state index in [-0.39, 0.29) is 6.10 Å². The Hall–Kier alpha value is -0.810. The third-order valence-corrected chi connectivity index (χ3v) is 2.67. The van der Waals surface area contributed by atoms with Crippen LogP contribution in [0.1, 0.15) is 13.8 Å². The molecule has 1 aromatic heterocycles. The van der Waals surface area contributed by atoms with Crippen LogP contribution < -0.4 is 10.6 Å². The van der Waals surface area contributed by atoms with Crippen molar-refractivity contribution in [1.29, 1.82) is 0 Å². The van der Waals surface area contributed by atoms with Gasteiger partial charge in [0.05, 0.1) is 29.1 Å². The molecule has 0 spiro atoms. The quantitative estimate of drug-likeness (QED) is 0.903. The minimum atomic E-state index is 0.260. The molecule has 4 nitrogen and oxygen atoms in total. The van der Waals surface area contributed by atoms with Gasteiger partial charge >= 0.3 is 0 Å². The third-order valence-electron chi connectivity index (χ3n) is 2.08. The average Bonchev–Trinajstić information content (AvgIpc) is 2.16. The van der Waals surface area contributed by atoms with Gasteiger partial charge in [-0.3, -0.25) is 0 Å². The summed E-state index contributed by atoms with van der Waals surface area (Å²) in [7, 11) is 1.98. The Morgan fingerprint density at radius 3 is 2.81 bits per heavy atom. The van der Waals surface area contributed by atoms with E-state index in [9.17, 15) is 0 Å². The molecule has 0 amide bonds. The van der Waals surface area contributed by atoms with Gasteiger partial charge in [0.1, 0.15) is 5.82 Å². The van der Waals surface area contributed by atoms with Crippen LogP contribution >= 0.6 is 15.9 Å². The molecular weight excluding hydrogens is 270 g/mol. The van der Waals surface area contributed by atoms with Crippen LogP contribution in [0.15, 0.2) is 16.7 Å². The number of rotatable bonds is 5.